The number of fused-ring (bicyclic) bond motifs is 1. The van der Waals surface area contributed by atoms with Gasteiger partial charge in [0, 0.05) is 52.0 Å². The van der Waals surface area contributed by atoms with Crippen LogP contribution in [0.4, 0.5) is 5.82 Å². The van der Waals surface area contributed by atoms with Gasteiger partial charge < -0.3 is 14.6 Å². The zero-order valence-electron chi connectivity index (χ0n) is 16.3. The van der Waals surface area contributed by atoms with Crippen molar-refractivity contribution in [2.45, 2.75) is 0 Å². The van der Waals surface area contributed by atoms with E-state index in [1.165, 1.54) is 0 Å². The van der Waals surface area contributed by atoms with Crippen LogP contribution in [0, 0.1) is 0 Å². The Morgan fingerprint density at radius 2 is 1.90 bits per heavy atom. The van der Waals surface area contributed by atoms with Crippen molar-refractivity contribution in [2.24, 2.45) is 0 Å². The van der Waals surface area contributed by atoms with Gasteiger partial charge in [-0.05, 0) is 53.6 Å². The Kier molecular flexibility index (Phi) is 5.11. The van der Waals surface area contributed by atoms with E-state index in [0.717, 1.165) is 45.4 Å². The number of carbonyl (C=O) groups excluding carboxylic acids is 1. The lowest BCUT2D eigenvalue weighted by Gasteiger charge is -2.27. The summed E-state index contributed by atoms with van der Waals surface area (Å²) >= 11 is 3.59. The van der Waals surface area contributed by atoms with Gasteiger partial charge in [0.05, 0.1) is 13.2 Å². The quantitative estimate of drug-likeness (QED) is 0.431. The number of aromatic amines is 1. The summed E-state index contributed by atoms with van der Waals surface area (Å²) in [7, 11) is 0. The topological polar surface area (TPSA) is 58.2 Å². The third kappa shape index (κ3) is 3.64. The van der Waals surface area contributed by atoms with Crippen LogP contribution < -0.4 is 4.90 Å². The van der Waals surface area contributed by atoms with Crippen molar-refractivity contribution < 1.29 is 9.53 Å². The fourth-order valence-electron chi connectivity index (χ4n) is 3.91. The van der Waals surface area contributed by atoms with Gasteiger partial charge in [0.2, 0.25) is 0 Å². The number of anilines is 1. The van der Waals surface area contributed by atoms with E-state index in [2.05, 4.69) is 42.9 Å². The molecule has 4 aromatic rings. The molecule has 2 aromatic carbocycles. The summed E-state index contributed by atoms with van der Waals surface area (Å²) in [5, 5.41) is 1.13. The van der Waals surface area contributed by atoms with Crippen LogP contribution in [0.15, 0.2) is 71.5 Å². The molecular formula is C24H20BrN3O2. The van der Waals surface area contributed by atoms with Gasteiger partial charge >= 0.3 is 0 Å². The average Bonchev–Trinajstić information content (AvgIpc) is 3.28. The van der Waals surface area contributed by atoms with E-state index >= 15 is 0 Å². The number of pyridine rings is 1. The van der Waals surface area contributed by atoms with E-state index in [9.17, 15) is 4.79 Å². The molecule has 0 unspecified atom stereocenters. The highest BCUT2D eigenvalue weighted by atomic mass is 79.9. The van der Waals surface area contributed by atoms with E-state index in [4.69, 9.17) is 4.74 Å². The van der Waals surface area contributed by atoms with Crippen LogP contribution in [0.2, 0.25) is 0 Å². The van der Waals surface area contributed by atoms with E-state index in [-0.39, 0.29) is 5.78 Å². The van der Waals surface area contributed by atoms with Crippen LogP contribution >= 0.6 is 15.9 Å². The highest BCUT2D eigenvalue weighted by Crippen LogP contribution is 2.32. The highest BCUT2D eigenvalue weighted by Gasteiger charge is 2.17. The predicted octanol–water partition coefficient (Wildman–Crippen LogP) is 5.06. The van der Waals surface area contributed by atoms with Crippen molar-refractivity contribution in [1.29, 1.82) is 0 Å². The van der Waals surface area contributed by atoms with Crippen molar-refractivity contribution in [1.82, 2.24) is 9.97 Å². The molecule has 150 valence electrons. The molecule has 0 saturated carbocycles. The van der Waals surface area contributed by atoms with Crippen LogP contribution in [0.25, 0.3) is 22.0 Å². The van der Waals surface area contributed by atoms with Crippen molar-refractivity contribution in [3.05, 3.63) is 82.6 Å². The molecule has 1 aliphatic heterocycles. The molecule has 1 N–H and O–H groups in total. The second-order valence-corrected chi connectivity index (χ2v) is 8.22. The first-order valence-corrected chi connectivity index (χ1v) is 10.7. The normalized spacial score (nSPS) is 14.2. The summed E-state index contributed by atoms with van der Waals surface area (Å²) in [6.07, 6.45) is 3.64. The first-order valence-electron chi connectivity index (χ1n) is 9.89. The fourth-order valence-corrected chi connectivity index (χ4v) is 4.40. The van der Waals surface area contributed by atoms with Crippen LogP contribution in [0.3, 0.4) is 0 Å². The maximum absolute atomic E-state index is 13.3. The minimum absolute atomic E-state index is 0.0179. The smallest absolute Gasteiger partial charge is 0.193 e. The molecule has 0 amide bonds. The third-order valence-corrected chi connectivity index (χ3v) is 5.87. The summed E-state index contributed by atoms with van der Waals surface area (Å²) < 4.78 is 6.29. The molecule has 3 heterocycles. The number of benzene rings is 2. The van der Waals surface area contributed by atoms with Crippen molar-refractivity contribution in [2.75, 3.05) is 31.2 Å². The monoisotopic (exact) mass is 461 g/mol. The maximum Gasteiger partial charge on any atom is 0.193 e. The first kappa shape index (κ1) is 19.0. The number of rotatable bonds is 4. The molecule has 5 nitrogen and oxygen atoms in total. The number of nitrogens with one attached hydrogen (secondary N) is 1. The summed E-state index contributed by atoms with van der Waals surface area (Å²) in [6, 6.07) is 17.7. The number of morpholine rings is 1. The first-order chi connectivity index (χ1) is 14.7. The highest BCUT2D eigenvalue weighted by molar-refractivity contribution is 9.10. The maximum atomic E-state index is 13.3. The lowest BCUT2D eigenvalue weighted by atomic mass is 9.97. The summed E-state index contributed by atoms with van der Waals surface area (Å²) in [4.78, 5) is 23.2. The molecule has 6 heteroatoms. The second-order valence-electron chi connectivity index (χ2n) is 7.30. The predicted molar refractivity (Wildman–Crippen MR) is 122 cm³/mol. The number of ether oxygens (including phenoxy) is 1. The van der Waals surface area contributed by atoms with Gasteiger partial charge in [0.1, 0.15) is 5.82 Å². The van der Waals surface area contributed by atoms with Gasteiger partial charge in [0.25, 0.3) is 0 Å². The van der Waals surface area contributed by atoms with Crippen LogP contribution in [0.1, 0.15) is 15.9 Å². The second kappa shape index (κ2) is 8.05. The number of hydrogen-bond donors (Lipinski definition) is 1. The Hall–Kier alpha value is -2.96. The van der Waals surface area contributed by atoms with Crippen molar-refractivity contribution in [3.63, 3.8) is 0 Å². The number of H-pyrrole nitrogens is 1. The number of nitrogens with zero attached hydrogens (tertiary/aromatic N) is 2. The molecule has 1 fully saturated rings. The lowest BCUT2D eigenvalue weighted by molar-refractivity contribution is 0.103. The molecule has 2 aromatic heterocycles. The van der Waals surface area contributed by atoms with Crippen LogP contribution in [-0.4, -0.2) is 42.1 Å². The molecule has 1 aliphatic rings. The Morgan fingerprint density at radius 1 is 1.03 bits per heavy atom. The van der Waals surface area contributed by atoms with Gasteiger partial charge in [-0.1, -0.05) is 28.1 Å². The Morgan fingerprint density at radius 3 is 2.77 bits per heavy atom. The molecule has 0 atom stereocenters. The van der Waals surface area contributed by atoms with E-state index in [1.807, 2.05) is 42.6 Å². The zero-order chi connectivity index (χ0) is 20.5. The molecule has 0 spiro atoms. The molecule has 0 radical (unpaired) electrons. The zero-order valence-corrected chi connectivity index (χ0v) is 17.9. The van der Waals surface area contributed by atoms with Crippen LogP contribution in [0.5, 0.6) is 0 Å². The largest absolute Gasteiger partial charge is 0.378 e. The van der Waals surface area contributed by atoms with Gasteiger partial charge in [-0.25, -0.2) is 4.98 Å². The number of carbonyl (C=O) groups is 1. The SMILES string of the molecule is O=C(c1cc(Br)cc(-c2cccc3[nH]ccc23)c1)c1ccnc(N2CCOCC2)c1. The van der Waals surface area contributed by atoms with E-state index in [1.54, 1.807) is 12.3 Å². The van der Waals surface area contributed by atoms with Crippen molar-refractivity contribution >= 4 is 38.4 Å². The Bertz CT molecular complexity index is 1230. The van der Waals surface area contributed by atoms with E-state index < -0.39 is 0 Å². The minimum atomic E-state index is -0.0179. The van der Waals surface area contributed by atoms with Crippen LogP contribution in [-0.2, 0) is 4.74 Å². The molecule has 30 heavy (non-hydrogen) atoms. The number of halogens is 1. The van der Waals surface area contributed by atoms with E-state index in [0.29, 0.717) is 24.3 Å². The number of ketones is 1. The lowest BCUT2D eigenvalue weighted by Crippen LogP contribution is -2.36. The molecular weight excluding hydrogens is 442 g/mol. The Labute approximate surface area is 182 Å². The Balaban J connectivity index is 1.52. The van der Waals surface area contributed by atoms with Gasteiger partial charge in [0.15, 0.2) is 5.78 Å². The number of hydrogen-bond acceptors (Lipinski definition) is 4. The molecule has 0 aliphatic carbocycles. The summed E-state index contributed by atoms with van der Waals surface area (Å²) in [6.45, 7) is 2.93. The molecule has 5 rings (SSSR count). The van der Waals surface area contributed by atoms with Gasteiger partial charge in [-0.3, -0.25) is 4.79 Å². The average molecular weight is 462 g/mol. The number of aromatic nitrogens is 2. The standard InChI is InChI=1S/C24H20BrN3O2/c25-19-13-17(20-2-1-3-22-21(20)5-7-26-22)12-18(14-19)24(29)16-4-6-27-23(15-16)28-8-10-30-11-9-28/h1-7,12-15,26H,8-11H2. The summed E-state index contributed by atoms with van der Waals surface area (Å²) in [5.41, 5.74) is 4.44. The summed E-state index contributed by atoms with van der Waals surface area (Å²) in [5.74, 6) is 0.798. The third-order valence-electron chi connectivity index (χ3n) is 5.41. The van der Waals surface area contributed by atoms with Crippen molar-refractivity contribution in [3.8, 4) is 11.1 Å². The molecule has 1 saturated heterocycles. The van der Waals surface area contributed by atoms with Gasteiger partial charge in [-0.15, -0.1) is 0 Å². The fraction of sp³-hybridized carbons (Fsp3) is 0.167. The van der Waals surface area contributed by atoms with Gasteiger partial charge in [-0.2, -0.15) is 0 Å². The minimum Gasteiger partial charge on any atom is -0.378 e. The molecule has 0 bridgehead atoms.